The van der Waals surface area contributed by atoms with Gasteiger partial charge in [-0.05, 0) is 64.7 Å². The number of phenolic OH excluding ortho intramolecular Hbond substituents is 1. The van der Waals surface area contributed by atoms with Crippen molar-refractivity contribution in [2.24, 2.45) is 11.7 Å². The minimum atomic E-state index is -2.10. The van der Waals surface area contributed by atoms with Crippen molar-refractivity contribution in [3.8, 4) is 17.6 Å². The minimum Gasteiger partial charge on any atom is -0.508 e. The second-order valence-electron chi connectivity index (χ2n) is 15.8. The van der Waals surface area contributed by atoms with Gasteiger partial charge < -0.3 is 40.7 Å². The molecule has 16 heteroatoms. The first-order valence-corrected chi connectivity index (χ1v) is 20.9. The van der Waals surface area contributed by atoms with E-state index in [9.17, 15) is 14.7 Å². The van der Waals surface area contributed by atoms with E-state index >= 15 is 14.4 Å². The summed E-state index contributed by atoms with van der Waals surface area (Å²) in [6.45, 7) is -0.387. The molecule has 0 bridgehead atoms. The third-order valence-corrected chi connectivity index (χ3v) is 12.1. The molecule has 0 aliphatic carbocycles. The van der Waals surface area contributed by atoms with Crippen molar-refractivity contribution in [2.75, 3.05) is 31.8 Å². The molecule has 0 unspecified atom stereocenters. The number of urea groups is 1. The fourth-order valence-electron chi connectivity index (χ4n) is 9.55. The highest BCUT2D eigenvalue weighted by Gasteiger charge is 2.75. The number of methoxy groups -OCH3 is 1. The van der Waals surface area contributed by atoms with Gasteiger partial charge in [0.25, 0.3) is 0 Å². The Hall–Kier alpha value is -8.00. The molecule has 0 saturated carbocycles. The number of morpholine rings is 1. The zero-order chi connectivity index (χ0) is 45.2. The number of carbonyl (C=O) groups excluding carboxylic acids is 5. The molecule has 6 aromatic rings. The number of aromatic hydroxyl groups is 1. The molecule has 16 nitrogen and oxygen atoms in total. The van der Waals surface area contributed by atoms with Crippen LogP contribution in [0.4, 0.5) is 15.3 Å². The number of nitrogens with one attached hydrogen (secondary N) is 3. The fourth-order valence-corrected chi connectivity index (χ4v) is 9.55. The number of hydrogen-bond acceptors (Lipinski definition) is 11. The van der Waals surface area contributed by atoms with E-state index in [1.807, 2.05) is 89.8 Å². The lowest BCUT2D eigenvalue weighted by Crippen LogP contribution is -2.55. The van der Waals surface area contributed by atoms with Crippen LogP contribution in [-0.2, 0) is 40.6 Å². The molecule has 9 rings (SSSR count). The van der Waals surface area contributed by atoms with Crippen molar-refractivity contribution in [3.05, 3.63) is 161 Å². The molecule has 6 N–H and O–H groups in total. The largest absolute Gasteiger partial charge is 0.508 e. The standard InChI is InChI=1S/C49H43N7O9/c1-63-25-26-64-48(62)55-37-23-18-29(11-10-24-51-47(50)61)27-34(37)49(46(55)60)39(44(58)52-28-38-53-35-16-8-9-17-36(35)54-38)41-45(59)65-42(31-14-6-3-7-15-31)40(30-12-4-2-5-13-30)56(41)43(49)32-19-21-33(57)22-20-32/h2-9,12-23,27,39-43,57H,24-26,28H2,1H3,(H,52,58)(H,53,54)(H3,50,51,61)/t39-,40-,41-,42+,43+,49-/m0/s1. The normalized spacial score (nSPS) is 22.1. The fraction of sp³-hybridized carbons (Fsp3) is 0.224. The average molecular weight is 874 g/mol. The van der Waals surface area contributed by atoms with Crippen molar-refractivity contribution in [1.82, 2.24) is 25.5 Å². The van der Waals surface area contributed by atoms with Crippen molar-refractivity contribution >= 4 is 46.6 Å². The van der Waals surface area contributed by atoms with Crippen molar-refractivity contribution in [3.63, 3.8) is 0 Å². The van der Waals surface area contributed by atoms with Gasteiger partial charge in [-0.15, -0.1) is 0 Å². The van der Waals surface area contributed by atoms with E-state index in [1.54, 1.807) is 30.3 Å². The van der Waals surface area contributed by atoms with Gasteiger partial charge in [-0.1, -0.05) is 96.8 Å². The van der Waals surface area contributed by atoms with Crippen LogP contribution in [0.3, 0.4) is 0 Å². The highest BCUT2D eigenvalue weighted by atomic mass is 16.6. The number of hydrogen-bond donors (Lipinski definition) is 5. The molecular weight excluding hydrogens is 831 g/mol. The van der Waals surface area contributed by atoms with Gasteiger partial charge in [0.15, 0.2) is 0 Å². The number of para-hydroxylation sites is 2. The van der Waals surface area contributed by atoms with Gasteiger partial charge in [0.2, 0.25) is 11.8 Å². The minimum absolute atomic E-state index is 0.0317. The van der Waals surface area contributed by atoms with E-state index in [-0.39, 0.29) is 43.3 Å². The van der Waals surface area contributed by atoms with Crippen LogP contribution in [0.1, 0.15) is 51.8 Å². The van der Waals surface area contributed by atoms with Gasteiger partial charge in [0.1, 0.15) is 35.7 Å². The summed E-state index contributed by atoms with van der Waals surface area (Å²) < 4.78 is 17.3. The van der Waals surface area contributed by atoms with Crippen molar-refractivity contribution in [1.29, 1.82) is 0 Å². The van der Waals surface area contributed by atoms with Crippen molar-refractivity contribution < 1.29 is 43.3 Å². The highest BCUT2D eigenvalue weighted by Crippen LogP contribution is 2.66. The van der Waals surface area contributed by atoms with Crippen LogP contribution in [0.15, 0.2) is 127 Å². The molecule has 6 atom stereocenters. The Bertz CT molecular complexity index is 2830. The molecule has 0 radical (unpaired) electrons. The lowest BCUT2D eigenvalue weighted by molar-refractivity contribution is -0.178. The van der Waals surface area contributed by atoms with Gasteiger partial charge in [-0.3, -0.25) is 19.3 Å². The number of imide groups is 1. The average Bonchev–Trinajstić information content (AvgIpc) is 3.96. The molecular formula is C49H43N7O9. The molecule has 4 heterocycles. The number of fused-ring (bicyclic) bond motifs is 4. The van der Waals surface area contributed by atoms with E-state index in [4.69, 9.17) is 19.9 Å². The third-order valence-electron chi connectivity index (χ3n) is 12.1. The van der Waals surface area contributed by atoms with E-state index in [0.717, 1.165) is 10.4 Å². The number of esters is 1. The summed E-state index contributed by atoms with van der Waals surface area (Å²) in [6, 6.07) is 32.6. The number of H-pyrrole nitrogens is 1. The Balaban J connectivity index is 1.31. The number of aromatic nitrogens is 2. The summed E-state index contributed by atoms with van der Waals surface area (Å²) in [6.07, 6.45) is -1.98. The van der Waals surface area contributed by atoms with E-state index < -0.39 is 65.5 Å². The van der Waals surface area contributed by atoms with Gasteiger partial charge in [0, 0.05) is 12.7 Å². The van der Waals surface area contributed by atoms with E-state index in [1.165, 1.54) is 19.2 Å². The number of rotatable bonds is 10. The first kappa shape index (κ1) is 42.3. The molecule has 3 aliphatic rings. The van der Waals surface area contributed by atoms with Crippen LogP contribution in [-0.4, -0.2) is 82.8 Å². The summed E-state index contributed by atoms with van der Waals surface area (Å²) in [4.78, 5) is 83.5. The number of aromatic amines is 1. The molecule has 65 heavy (non-hydrogen) atoms. The number of nitrogens with two attached hydrogens (primary N) is 1. The van der Waals surface area contributed by atoms with Crippen LogP contribution in [0, 0.1) is 17.8 Å². The second-order valence-corrected chi connectivity index (χ2v) is 15.8. The molecule has 3 aliphatic heterocycles. The second kappa shape index (κ2) is 17.6. The first-order chi connectivity index (χ1) is 31.6. The zero-order valence-electron chi connectivity index (χ0n) is 35.0. The summed E-state index contributed by atoms with van der Waals surface area (Å²) >= 11 is 0. The van der Waals surface area contributed by atoms with Gasteiger partial charge >= 0.3 is 18.1 Å². The van der Waals surface area contributed by atoms with Crippen LogP contribution >= 0.6 is 0 Å². The van der Waals surface area contributed by atoms with Crippen molar-refractivity contribution in [2.45, 2.75) is 36.2 Å². The quantitative estimate of drug-likeness (QED) is 0.0697. The SMILES string of the molecule is COCCOC(=O)N1C(=O)[C@@]2(c3cc(C#CCNC(N)=O)ccc31)[C@H](C(=O)NCc1nc3ccccc3[nH]1)[C@H]1C(=O)O[C@H](c3ccccc3)[C@H](c3ccccc3)N1[C@@H]2c1ccc(O)cc1. The number of ether oxygens (including phenoxy) is 3. The lowest BCUT2D eigenvalue weighted by Gasteiger charge is -2.46. The summed E-state index contributed by atoms with van der Waals surface area (Å²) in [5.41, 5.74) is 7.07. The number of anilines is 1. The maximum atomic E-state index is 16.2. The number of phenols is 1. The Morgan fingerprint density at radius 1 is 0.862 bits per heavy atom. The monoisotopic (exact) mass is 873 g/mol. The van der Waals surface area contributed by atoms with Crippen LogP contribution < -0.4 is 21.3 Å². The Morgan fingerprint density at radius 2 is 1.57 bits per heavy atom. The number of carbonyl (C=O) groups is 5. The first-order valence-electron chi connectivity index (χ1n) is 20.9. The number of primary amides is 1. The maximum Gasteiger partial charge on any atom is 0.421 e. The Morgan fingerprint density at radius 3 is 2.28 bits per heavy atom. The van der Waals surface area contributed by atoms with Gasteiger partial charge in [0.05, 0.1) is 54.4 Å². The Kier molecular flexibility index (Phi) is 11.5. The predicted octanol–water partition coefficient (Wildman–Crippen LogP) is 5.05. The van der Waals surface area contributed by atoms with E-state index in [0.29, 0.717) is 33.6 Å². The molecule has 5 aromatic carbocycles. The van der Waals surface area contributed by atoms with Crippen LogP contribution in [0.25, 0.3) is 11.0 Å². The molecule has 1 spiro atoms. The number of cyclic esters (lactones) is 1. The van der Waals surface area contributed by atoms with Gasteiger partial charge in [-0.25, -0.2) is 19.5 Å². The van der Waals surface area contributed by atoms with E-state index in [2.05, 4.69) is 32.4 Å². The molecule has 5 amide bonds. The smallest absolute Gasteiger partial charge is 0.421 e. The summed E-state index contributed by atoms with van der Waals surface area (Å²) in [7, 11) is 1.44. The Labute approximate surface area is 372 Å². The number of amides is 5. The predicted molar refractivity (Wildman–Crippen MR) is 236 cm³/mol. The number of imidazole rings is 1. The number of nitrogens with zero attached hydrogens (tertiary/aromatic N) is 3. The lowest BCUT2D eigenvalue weighted by atomic mass is 9.65. The molecule has 328 valence electrons. The molecule has 2 saturated heterocycles. The third kappa shape index (κ3) is 7.56. The van der Waals surface area contributed by atoms with Crippen LogP contribution in [0.5, 0.6) is 5.75 Å². The van der Waals surface area contributed by atoms with Gasteiger partial charge in [-0.2, -0.15) is 0 Å². The molecule has 2 fully saturated rings. The topological polar surface area (TPSA) is 219 Å². The zero-order valence-corrected chi connectivity index (χ0v) is 35.0. The number of benzene rings is 5. The summed E-state index contributed by atoms with van der Waals surface area (Å²) in [5.74, 6) is 2.28. The highest BCUT2D eigenvalue weighted by molar-refractivity contribution is 6.23. The maximum absolute atomic E-state index is 16.2. The van der Waals surface area contributed by atoms with Crippen LogP contribution in [0.2, 0.25) is 0 Å². The summed E-state index contributed by atoms with van der Waals surface area (Å²) in [5, 5.41) is 16.1. The molecule has 1 aromatic heterocycles.